The fraction of sp³-hybridized carbons (Fsp3) is 0.0588. The normalized spacial score (nSPS) is 10.7. The Bertz CT molecular complexity index is 755. The molecule has 0 spiro atoms. The van der Waals surface area contributed by atoms with Gasteiger partial charge in [0.2, 0.25) is 0 Å². The first-order chi connectivity index (χ1) is 9.76. The predicted molar refractivity (Wildman–Crippen MR) is 87.7 cm³/mol. The number of rotatable bonds is 3. The highest BCUT2D eigenvalue weighted by Gasteiger charge is 2.04. The van der Waals surface area contributed by atoms with E-state index in [4.69, 9.17) is 16.3 Å². The maximum Gasteiger partial charge on any atom is 0.141 e. The Kier molecular flexibility index (Phi) is 3.95. The summed E-state index contributed by atoms with van der Waals surface area (Å²) in [6, 6.07) is 20.2. The second-order valence-electron chi connectivity index (χ2n) is 4.51. The Hall–Kier alpha value is -1.51. The van der Waals surface area contributed by atoms with Crippen molar-refractivity contribution in [1.29, 1.82) is 0 Å². The topological polar surface area (TPSA) is 9.23 Å². The van der Waals surface area contributed by atoms with Crippen LogP contribution in [-0.2, 0) is 5.88 Å². The van der Waals surface area contributed by atoms with E-state index in [0.29, 0.717) is 5.88 Å². The first kappa shape index (κ1) is 13.5. The molecule has 20 heavy (non-hydrogen) atoms. The third-order valence-electron chi connectivity index (χ3n) is 3.10. The highest BCUT2D eigenvalue weighted by molar-refractivity contribution is 9.10. The molecule has 0 aliphatic carbocycles. The number of hydrogen-bond donors (Lipinski definition) is 0. The number of fused-ring (bicyclic) bond motifs is 1. The molecule has 0 saturated carbocycles. The highest BCUT2D eigenvalue weighted by Crippen LogP contribution is 2.32. The molecule has 0 heterocycles. The van der Waals surface area contributed by atoms with Crippen LogP contribution in [0.5, 0.6) is 11.5 Å². The fourth-order valence-electron chi connectivity index (χ4n) is 2.07. The minimum atomic E-state index is 0.495. The summed E-state index contributed by atoms with van der Waals surface area (Å²) in [7, 11) is 0. The maximum atomic E-state index is 5.93. The Morgan fingerprint density at radius 1 is 0.900 bits per heavy atom. The lowest BCUT2D eigenvalue weighted by atomic mass is 10.1. The molecule has 0 aliphatic heterocycles. The van der Waals surface area contributed by atoms with Gasteiger partial charge in [-0.05, 0) is 56.5 Å². The van der Waals surface area contributed by atoms with Gasteiger partial charge in [0.05, 0.1) is 4.47 Å². The summed E-state index contributed by atoms with van der Waals surface area (Å²) >= 11 is 9.33. The molecule has 0 aliphatic rings. The van der Waals surface area contributed by atoms with Crippen LogP contribution in [0.1, 0.15) is 5.56 Å². The van der Waals surface area contributed by atoms with Crippen LogP contribution < -0.4 is 4.74 Å². The minimum Gasteiger partial charge on any atom is -0.456 e. The molecule has 100 valence electrons. The van der Waals surface area contributed by atoms with Crippen LogP contribution in [0, 0.1) is 0 Å². The van der Waals surface area contributed by atoms with E-state index in [1.165, 1.54) is 10.8 Å². The molecule has 0 saturated heterocycles. The van der Waals surface area contributed by atoms with Gasteiger partial charge in [-0.3, -0.25) is 0 Å². The predicted octanol–water partition coefficient (Wildman–Crippen LogP) is 6.13. The van der Waals surface area contributed by atoms with Crippen LogP contribution in [0.4, 0.5) is 0 Å². The number of benzene rings is 3. The van der Waals surface area contributed by atoms with Crippen molar-refractivity contribution in [2.45, 2.75) is 5.88 Å². The number of halogens is 2. The van der Waals surface area contributed by atoms with Gasteiger partial charge in [-0.2, -0.15) is 0 Å². The Morgan fingerprint density at radius 3 is 2.45 bits per heavy atom. The summed E-state index contributed by atoms with van der Waals surface area (Å²) < 4.78 is 6.83. The van der Waals surface area contributed by atoms with Gasteiger partial charge in [-0.1, -0.05) is 36.4 Å². The van der Waals surface area contributed by atoms with Crippen molar-refractivity contribution in [1.82, 2.24) is 0 Å². The van der Waals surface area contributed by atoms with E-state index in [0.717, 1.165) is 21.5 Å². The summed E-state index contributed by atoms with van der Waals surface area (Å²) in [4.78, 5) is 0. The van der Waals surface area contributed by atoms with Crippen LogP contribution in [0.15, 0.2) is 65.1 Å². The Labute approximate surface area is 131 Å². The quantitative estimate of drug-likeness (QED) is 0.518. The zero-order valence-corrected chi connectivity index (χ0v) is 13.0. The zero-order chi connectivity index (χ0) is 13.9. The van der Waals surface area contributed by atoms with E-state index in [1.807, 2.05) is 42.5 Å². The summed E-state index contributed by atoms with van der Waals surface area (Å²) in [6.45, 7) is 0. The lowest BCUT2D eigenvalue weighted by Gasteiger charge is -2.09. The van der Waals surface area contributed by atoms with Crippen LogP contribution >= 0.6 is 27.5 Å². The van der Waals surface area contributed by atoms with Gasteiger partial charge >= 0.3 is 0 Å². The molecule has 3 heteroatoms. The van der Waals surface area contributed by atoms with Crippen molar-refractivity contribution in [3.8, 4) is 11.5 Å². The van der Waals surface area contributed by atoms with Crippen molar-refractivity contribution >= 4 is 38.3 Å². The van der Waals surface area contributed by atoms with Gasteiger partial charge in [0.25, 0.3) is 0 Å². The standard InChI is InChI=1S/C17H12BrClO/c18-16-9-12(11-19)5-8-17(16)20-15-7-6-13-3-1-2-4-14(13)10-15/h1-10H,11H2. The monoisotopic (exact) mass is 346 g/mol. The molecule has 3 rings (SSSR count). The molecule has 0 aromatic heterocycles. The second kappa shape index (κ2) is 5.86. The molecule has 0 fully saturated rings. The molecule has 3 aromatic rings. The van der Waals surface area contributed by atoms with E-state index >= 15 is 0 Å². The molecule has 1 nitrogen and oxygen atoms in total. The van der Waals surface area contributed by atoms with Crippen LogP contribution in [0.2, 0.25) is 0 Å². The SMILES string of the molecule is ClCc1ccc(Oc2ccc3ccccc3c2)c(Br)c1. The first-order valence-corrected chi connectivity index (χ1v) is 7.60. The van der Waals surface area contributed by atoms with Crippen LogP contribution in [0.3, 0.4) is 0 Å². The largest absolute Gasteiger partial charge is 0.456 e. The molecule has 0 bridgehead atoms. The molecule has 0 atom stereocenters. The summed E-state index contributed by atoms with van der Waals surface area (Å²) in [5.74, 6) is 2.10. The van der Waals surface area contributed by atoms with Gasteiger partial charge in [-0.25, -0.2) is 0 Å². The average Bonchev–Trinajstić information content (AvgIpc) is 2.49. The molecular weight excluding hydrogens is 336 g/mol. The molecule has 0 radical (unpaired) electrons. The van der Waals surface area contributed by atoms with Crippen molar-refractivity contribution in [3.63, 3.8) is 0 Å². The van der Waals surface area contributed by atoms with Crippen LogP contribution in [0.25, 0.3) is 10.8 Å². The van der Waals surface area contributed by atoms with E-state index in [9.17, 15) is 0 Å². The Balaban J connectivity index is 1.92. The van der Waals surface area contributed by atoms with Crippen molar-refractivity contribution in [2.75, 3.05) is 0 Å². The smallest absolute Gasteiger partial charge is 0.141 e. The van der Waals surface area contributed by atoms with E-state index in [1.54, 1.807) is 0 Å². The minimum absolute atomic E-state index is 0.495. The van der Waals surface area contributed by atoms with Gasteiger partial charge in [0.15, 0.2) is 0 Å². The molecule has 3 aromatic carbocycles. The zero-order valence-electron chi connectivity index (χ0n) is 10.6. The van der Waals surface area contributed by atoms with Gasteiger partial charge < -0.3 is 4.74 Å². The average molecular weight is 348 g/mol. The lowest BCUT2D eigenvalue weighted by molar-refractivity contribution is 0.480. The summed E-state index contributed by atoms with van der Waals surface area (Å²) in [5, 5.41) is 2.37. The van der Waals surface area contributed by atoms with Gasteiger partial charge in [0.1, 0.15) is 11.5 Å². The molecule has 0 unspecified atom stereocenters. The highest BCUT2D eigenvalue weighted by atomic mass is 79.9. The van der Waals surface area contributed by atoms with E-state index < -0.39 is 0 Å². The van der Waals surface area contributed by atoms with Crippen molar-refractivity contribution in [3.05, 3.63) is 70.7 Å². The van der Waals surface area contributed by atoms with E-state index in [-0.39, 0.29) is 0 Å². The van der Waals surface area contributed by atoms with E-state index in [2.05, 4.69) is 34.1 Å². The number of hydrogen-bond acceptors (Lipinski definition) is 1. The Morgan fingerprint density at radius 2 is 1.70 bits per heavy atom. The number of ether oxygens (including phenoxy) is 1. The van der Waals surface area contributed by atoms with Crippen molar-refractivity contribution < 1.29 is 4.74 Å². The summed E-state index contributed by atoms with van der Waals surface area (Å²) in [5.41, 5.74) is 1.06. The lowest BCUT2D eigenvalue weighted by Crippen LogP contribution is -1.87. The fourth-order valence-corrected chi connectivity index (χ4v) is 2.74. The molecule has 0 amide bonds. The third kappa shape index (κ3) is 2.82. The third-order valence-corrected chi connectivity index (χ3v) is 4.03. The number of alkyl halides is 1. The molecule has 0 N–H and O–H groups in total. The molecular formula is C17H12BrClO. The van der Waals surface area contributed by atoms with Crippen LogP contribution in [-0.4, -0.2) is 0 Å². The first-order valence-electron chi connectivity index (χ1n) is 6.27. The maximum absolute atomic E-state index is 5.93. The van der Waals surface area contributed by atoms with Gasteiger partial charge in [0, 0.05) is 5.88 Å². The second-order valence-corrected chi connectivity index (χ2v) is 5.63. The van der Waals surface area contributed by atoms with Gasteiger partial charge in [-0.15, -0.1) is 11.6 Å². The van der Waals surface area contributed by atoms with Crippen molar-refractivity contribution in [2.24, 2.45) is 0 Å². The summed E-state index contributed by atoms with van der Waals surface area (Å²) in [6.07, 6.45) is 0.